The van der Waals surface area contributed by atoms with Crippen LogP contribution in [0.25, 0.3) is 0 Å². The van der Waals surface area contributed by atoms with Crippen LogP contribution in [0.4, 0.5) is 13.2 Å². The second kappa shape index (κ2) is 7.41. The van der Waals surface area contributed by atoms with E-state index in [0.717, 1.165) is 6.07 Å². The lowest BCUT2D eigenvalue weighted by atomic mass is 10.1. The molecule has 7 heteroatoms. The van der Waals surface area contributed by atoms with Crippen molar-refractivity contribution >= 4 is 5.78 Å². The minimum absolute atomic E-state index is 0.0590. The molecule has 134 valence electrons. The Kier molecular flexibility index (Phi) is 5.24. The van der Waals surface area contributed by atoms with Gasteiger partial charge in [-0.05, 0) is 23.8 Å². The van der Waals surface area contributed by atoms with Gasteiger partial charge in [-0.25, -0.2) is 0 Å². The zero-order valence-corrected chi connectivity index (χ0v) is 13.6. The molecule has 0 spiro atoms. The molecular formula is C18H19F3N2O2. The number of benzene rings is 1. The molecule has 1 fully saturated rings. The van der Waals surface area contributed by atoms with Gasteiger partial charge in [0.05, 0.1) is 18.4 Å². The Morgan fingerprint density at radius 2 is 1.76 bits per heavy atom. The molecule has 4 nitrogen and oxygen atoms in total. The van der Waals surface area contributed by atoms with Crippen LogP contribution in [0.3, 0.4) is 0 Å². The maximum absolute atomic E-state index is 12.8. The van der Waals surface area contributed by atoms with Crippen molar-refractivity contribution in [2.24, 2.45) is 0 Å². The summed E-state index contributed by atoms with van der Waals surface area (Å²) in [5, 5.41) is 0. The van der Waals surface area contributed by atoms with E-state index in [0.29, 0.717) is 50.6 Å². The lowest BCUT2D eigenvalue weighted by molar-refractivity contribution is -0.137. The molecule has 0 amide bonds. The van der Waals surface area contributed by atoms with Gasteiger partial charge in [-0.1, -0.05) is 18.2 Å². The highest BCUT2D eigenvalue weighted by Gasteiger charge is 2.30. The number of carbonyl (C=O) groups excluding carboxylic acids is 1. The summed E-state index contributed by atoms with van der Waals surface area (Å²) in [4.78, 5) is 16.2. The molecule has 1 saturated heterocycles. The number of furan rings is 1. The maximum atomic E-state index is 12.8. The van der Waals surface area contributed by atoms with Crippen molar-refractivity contribution in [2.45, 2.75) is 12.7 Å². The summed E-state index contributed by atoms with van der Waals surface area (Å²) in [5.41, 5.74) is 0.0302. The first-order valence-corrected chi connectivity index (χ1v) is 8.09. The Balaban J connectivity index is 1.50. The van der Waals surface area contributed by atoms with E-state index < -0.39 is 11.7 Å². The molecule has 0 radical (unpaired) electrons. The lowest BCUT2D eigenvalue weighted by Crippen LogP contribution is -2.47. The van der Waals surface area contributed by atoms with E-state index in [1.165, 1.54) is 18.4 Å². The minimum atomic E-state index is -4.32. The van der Waals surface area contributed by atoms with Crippen molar-refractivity contribution in [1.82, 2.24) is 9.80 Å². The van der Waals surface area contributed by atoms with Gasteiger partial charge in [0.25, 0.3) is 0 Å². The topological polar surface area (TPSA) is 36.7 Å². The molecule has 1 aliphatic rings. The van der Waals surface area contributed by atoms with Gasteiger partial charge < -0.3 is 4.42 Å². The normalized spacial score (nSPS) is 16.9. The van der Waals surface area contributed by atoms with Crippen LogP contribution in [-0.4, -0.2) is 48.3 Å². The Morgan fingerprint density at radius 3 is 2.40 bits per heavy atom. The SMILES string of the molecule is O=C(CN1CCN(Cc2cccc(C(F)(F)F)c2)CC1)c1ccco1. The maximum Gasteiger partial charge on any atom is 0.416 e. The van der Waals surface area contributed by atoms with Gasteiger partial charge in [0, 0.05) is 32.7 Å². The number of Topliss-reactive ketones (excluding diaryl/α,β-unsaturated/α-hetero) is 1. The van der Waals surface area contributed by atoms with Crippen LogP contribution in [0.2, 0.25) is 0 Å². The number of alkyl halides is 3. The first-order chi connectivity index (χ1) is 11.9. The molecule has 0 saturated carbocycles. The number of carbonyl (C=O) groups is 1. The van der Waals surface area contributed by atoms with Crippen molar-refractivity contribution in [2.75, 3.05) is 32.7 Å². The van der Waals surface area contributed by atoms with E-state index in [4.69, 9.17) is 4.42 Å². The summed E-state index contributed by atoms with van der Waals surface area (Å²) >= 11 is 0. The Morgan fingerprint density at radius 1 is 1.04 bits per heavy atom. The Bertz CT molecular complexity index is 705. The van der Waals surface area contributed by atoms with Gasteiger partial charge in [0.1, 0.15) is 0 Å². The predicted molar refractivity (Wildman–Crippen MR) is 86.2 cm³/mol. The molecule has 0 N–H and O–H groups in total. The van der Waals surface area contributed by atoms with Crippen molar-refractivity contribution < 1.29 is 22.4 Å². The molecule has 25 heavy (non-hydrogen) atoms. The first kappa shape index (κ1) is 17.7. The number of rotatable bonds is 5. The van der Waals surface area contributed by atoms with Gasteiger partial charge in [0.2, 0.25) is 5.78 Å². The zero-order valence-electron chi connectivity index (χ0n) is 13.6. The minimum Gasteiger partial charge on any atom is -0.461 e. The summed E-state index contributed by atoms with van der Waals surface area (Å²) < 4.78 is 43.4. The van der Waals surface area contributed by atoms with Gasteiger partial charge in [0.15, 0.2) is 5.76 Å². The summed E-state index contributed by atoms with van der Waals surface area (Å²) in [5.74, 6) is 0.294. The van der Waals surface area contributed by atoms with Crippen LogP contribution in [0.1, 0.15) is 21.7 Å². The fraction of sp³-hybridized carbons (Fsp3) is 0.389. The number of ketones is 1. The van der Waals surface area contributed by atoms with Crippen molar-refractivity contribution in [3.63, 3.8) is 0 Å². The number of hydrogen-bond acceptors (Lipinski definition) is 4. The van der Waals surface area contributed by atoms with E-state index in [2.05, 4.69) is 4.90 Å². The molecule has 0 unspecified atom stereocenters. The molecule has 0 aliphatic carbocycles. The van der Waals surface area contributed by atoms with Crippen LogP contribution < -0.4 is 0 Å². The van der Waals surface area contributed by atoms with Crippen molar-refractivity contribution in [3.05, 3.63) is 59.5 Å². The van der Waals surface area contributed by atoms with Gasteiger partial charge >= 0.3 is 6.18 Å². The van der Waals surface area contributed by atoms with E-state index in [9.17, 15) is 18.0 Å². The molecule has 3 rings (SSSR count). The highest BCUT2D eigenvalue weighted by molar-refractivity contribution is 5.94. The van der Waals surface area contributed by atoms with Crippen LogP contribution in [0.5, 0.6) is 0 Å². The third-order valence-electron chi connectivity index (χ3n) is 4.29. The summed E-state index contributed by atoms with van der Waals surface area (Å²) in [7, 11) is 0. The summed E-state index contributed by atoms with van der Waals surface area (Å²) in [6.07, 6.45) is -2.85. The molecule has 2 heterocycles. The average molecular weight is 352 g/mol. The van der Waals surface area contributed by atoms with Gasteiger partial charge in [-0.15, -0.1) is 0 Å². The number of hydrogen-bond donors (Lipinski definition) is 0. The second-order valence-electron chi connectivity index (χ2n) is 6.15. The molecule has 1 aliphatic heterocycles. The highest BCUT2D eigenvalue weighted by Crippen LogP contribution is 2.29. The Hall–Kier alpha value is -2.12. The summed E-state index contributed by atoms with van der Waals surface area (Å²) in [6.45, 7) is 3.59. The zero-order chi connectivity index (χ0) is 17.9. The number of nitrogens with zero attached hydrogens (tertiary/aromatic N) is 2. The average Bonchev–Trinajstić information content (AvgIpc) is 3.11. The second-order valence-corrected chi connectivity index (χ2v) is 6.15. The Labute approximate surface area is 143 Å². The third kappa shape index (κ3) is 4.70. The smallest absolute Gasteiger partial charge is 0.416 e. The number of halogens is 3. The molecule has 0 bridgehead atoms. The van der Waals surface area contributed by atoms with E-state index >= 15 is 0 Å². The lowest BCUT2D eigenvalue weighted by Gasteiger charge is -2.34. The largest absolute Gasteiger partial charge is 0.461 e. The molecule has 2 aromatic rings. The van der Waals surface area contributed by atoms with Crippen LogP contribution in [-0.2, 0) is 12.7 Å². The fourth-order valence-corrected chi connectivity index (χ4v) is 2.93. The van der Waals surface area contributed by atoms with Crippen LogP contribution in [0, 0.1) is 0 Å². The quantitative estimate of drug-likeness (QED) is 0.774. The van der Waals surface area contributed by atoms with E-state index in [1.54, 1.807) is 18.2 Å². The van der Waals surface area contributed by atoms with Crippen LogP contribution in [0.15, 0.2) is 47.1 Å². The third-order valence-corrected chi connectivity index (χ3v) is 4.29. The standard InChI is InChI=1S/C18H19F3N2O2/c19-18(20,21)15-4-1-3-14(11-15)12-22-6-8-23(9-7-22)13-16(24)17-5-2-10-25-17/h1-5,10-11H,6-9,12-13H2. The monoisotopic (exact) mass is 352 g/mol. The van der Waals surface area contributed by atoms with E-state index in [1.807, 2.05) is 4.90 Å². The molecule has 1 aromatic heterocycles. The summed E-state index contributed by atoms with van der Waals surface area (Å²) in [6, 6.07) is 8.76. The fourth-order valence-electron chi connectivity index (χ4n) is 2.93. The van der Waals surface area contributed by atoms with Gasteiger partial charge in [-0.3, -0.25) is 14.6 Å². The van der Waals surface area contributed by atoms with Crippen molar-refractivity contribution in [3.8, 4) is 0 Å². The predicted octanol–water partition coefficient (Wildman–Crippen LogP) is 3.30. The highest BCUT2D eigenvalue weighted by atomic mass is 19.4. The molecule has 0 atom stereocenters. The van der Waals surface area contributed by atoms with Crippen molar-refractivity contribution in [1.29, 1.82) is 0 Å². The van der Waals surface area contributed by atoms with Gasteiger partial charge in [-0.2, -0.15) is 13.2 Å². The molecule has 1 aromatic carbocycles. The van der Waals surface area contributed by atoms with Crippen LogP contribution >= 0.6 is 0 Å². The number of piperazine rings is 1. The molecular weight excluding hydrogens is 333 g/mol. The van der Waals surface area contributed by atoms with E-state index in [-0.39, 0.29) is 5.78 Å². The first-order valence-electron chi connectivity index (χ1n) is 8.09.